The van der Waals surface area contributed by atoms with Gasteiger partial charge in [0.25, 0.3) is 11.5 Å². The highest BCUT2D eigenvalue weighted by Crippen LogP contribution is 2.40. The summed E-state index contributed by atoms with van der Waals surface area (Å²) in [6, 6.07) is 2.02. The monoisotopic (exact) mass is 443 g/mol. The smallest absolute Gasteiger partial charge is 0.329 e. The van der Waals surface area contributed by atoms with Crippen molar-refractivity contribution in [1.82, 2.24) is 24.8 Å². The van der Waals surface area contributed by atoms with Gasteiger partial charge in [0.15, 0.2) is 5.65 Å². The number of H-pyrrole nitrogens is 1. The number of pyridine rings is 1. The van der Waals surface area contributed by atoms with Gasteiger partial charge in [-0.2, -0.15) is 0 Å². The topological polar surface area (TPSA) is 100 Å². The summed E-state index contributed by atoms with van der Waals surface area (Å²) in [6.45, 7) is 3.49. The van der Waals surface area contributed by atoms with Gasteiger partial charge >= 0.3 is 5.69 Å². The molecule has 160 valence electrons. The minimum absolute atomic E-state index is 0. The van der Waals surface area contributed by atoms with Crippen molar-refractivity contribution < 1.29 is 4.79 Å². The average Bonchev–Trinajstić information content (AvgIpc) is 3.52. The molecule has 2 aliphatic rings. The first kappa shape index (κ1) is 23.4. The Bertz CT molecular complexity index is 1020. The maximum Gasteiger partial charge on any atom is 0.329 e. The Hall–Kier alpha value is -1.90. The van der Waals surface area contributed by atoms with Crippen LogP contribution in [-0.4, -0.2) is 51.5 Å². The molecule has 1 atom stereocenters. The lowest BCUT2D eigenvalue weighted by Crippen LogP contribution is -2.47. The molecule has 0 radical (unpaired) electrons. The number of halogens is 2. The lowest BCUT2D eigenvalue weighted by Gasteiger charge is -2.32. The molecule has 1 saturated heterocycles. The fraction of sp³-hybridized carbons (Fsp3) is 0.579. The number of carbonyl (C=O) groups excluding carboxylic acids is 1. The van der Waals surface area contributed by atoms with Gasteiger partial charge in [-0.1, -0.05) is 0 Å². The van der Waals surface area contributed by atoms with Gasteiger partial charge in [0.1, 0.15) is 0 Å². The zero-order valence-corrected chi connectivity index (χ0v) is 18.2. The molecular weight excluding hydrogens is 417 g/mol. The van der Waals surface area contributed by atoms with E-state index in [-0.39, 0.29) is 42.1 Å². The van der Waals surface area contributed by atoms with Crippen LogP contribution in [0.15, 0.2) is 15.7 Å². The van der Waals surface area contributed by atoms with E-state index in [1.165, 1.54) is 4.57 Å². The van der Waals surface area contributed by atoms with Crippen molar-refractivity contribution in [3.63, 3.8) is 0 Å². The van der Waals surface area contributed by atoms with E-state index in [1.807, 2.05) is 14.0 Å². The zero-order chi connectivity index (χ0) is 19.1. The third-order valence-corrected chi connectivity index (χ3v) is 5.63. The fourth-order valence-corrected chi connectivity index (χ4v) is 3.91. The van der Waals surface area contributed by atoms with Gasteiger partial charge < -0.3 is 10.2 Å². The van der Waals surface area contributed by atoms with Gasteiger partial charge in [-0.05, 0) is 45.7 Å². The third-order valence-electron chi connectivity index (χ3n) is 5.63. The minimum atomic E-state index is -0.542. The lowest BCUT2D eigenvalue weighted by atomic mass is 10.0. The molecule has 1 amide bonds. The number of aryl methyl sites for hydroxylation is 1. The normalized spacial score (nSPS) is 18.8. The lowest BCUT2D eigenvalue weighted by molar-refractivity contribution is 0.0700. The molecule has 10 heteroatoms. The van der Waals surface area contributed by atoms with E-state index in [4.69, 9.17) is 0 Å². The van der Waals surface area contributed by atoms with Crippen LogP contribution in [0.2, 0.25) is 0 Å². The molecule has 0 aromatic carbocycles. The van der Waals surface area contributed by atoms with Crippen LogP contribution in [0.4, 0.5) is 0 Å². The molecule has 0 spiro atoms. The Morgan fingerprint density at radius 1 is 1.28 bits per heavy atom. The number of rotatable bonds is 4. The first-order valence-electron chi connectivity index (χ1n) is 9.67. The Kier molecular flexibility index (Phi) is 7.48. The third kappa shape index (κ3) is 4.34. The fourth-order valence-electron chi connectivity index (χ4n) is 3.91. The van der Waals surface area contributed by atoms with Gasteiger partial charge in [-0.3, -0.25) is 19.1 Å². The maximum absolute atomic E-state index is 13.3. The molecule has 1 aliphatic carbocycles. The van der Waals surface area contributed by atoms with Gasteiger partial charge in [0, 0.05) is 37.3 Å². The number of likely N-dealkylation sites (tertiary alicyclic amines) is 1. The van der Waals surface area contributed by atoms with Crippen LogP contribution in [0.25, 0.3) is 11.0 Å². The number of nitrogens with one attached hydrogen (secondary N) is 2. The predicted octanol–water partition coefficient (Wildman–Crippen LogP) is 1.65. The average molecular weight is 444 g/mol. The Labute approximate surface area is 180 Å². The maximum atomic E-state index is 13.3. The van der Waals surface area contributed by atoms with Crippen LogP contribution in [0.3, 0.4) is 0 Å². The number of hydrogen-bond acceptors (Lipinski definition) is 5. The van der Waals surface area contributed by atoms with Gasteiger partial charge in [0.05, 0.1) is 10.9 Å². The van der Waals surface area contributed by atoms with Crippen molar-refractivity contribution in [3.8, 4) is 0 Å². The molecule has 1 unspecified atom stereocenters. The minimum Gasteiger partial charge on any atom is -0.337 e. The summed E-state index contributed by atoms with van der Waals surface area (Å²) in [6.07, 6.45) is 4.00. The molecule has 8 nitrogen and oxygen atoms in total. The molecule has 2 N–H and O–H groups in total. The Morgan fingerprint density at radius 2 is 2.00 bits per heavy atom. The van der Waals surface area contributed by atoms with Crippen molar-refractivity contribution in [2.45, 2.75) is 51.1 Å². The summed E-state index contributed by atoms with van der Waals surface area (Å²) >= 11 is 0. The standard InChI is InChI=1S/C19H25N5O3.2ClH/c1-3-24-16-15(17(25)22-19(24)27)13(9-14(21-16)11-6-7-11)18(26)23-8-4-5-12(10-23)20-2;;/h9,11-12,20H,3-8,10H2,1-2H3,(H,22,25,27);2*1H. The number of fused-ring (bicyclic) bond motifs is 1. The summed E-state index contributed by atoms with van der Waals surface area (Å²) in [4.78, 5) is 46.9. The SMILES string of the molecule is CCn1c(=O)[nH]c(=O)c2c(C(=O)N3CCCC(NC)C3)cc(C3CC3)nc21.Cl.Cl. The van der Waals surface area contributed by atoms with E-state index >= 15 is 0 Å². The number of hydrogen-bond donors (Lipinski definition) is 2. The molecule has 0 bridgehead atoms. The summed E-state index contributed by atoms with van der Waals surface area (Å²) in [5.74, 6) is 0.156. The second-order valence-electron chi connectivity index (χ2n) is 7.45. The Balaban J connectivity index is 0.00000150. The number of amides is 1. The molecule has 2 fully saturated rings. The highest BCUT2D eigenvalue weighted by Gasteiger charge is 2.31. The number of aromatic nitrogens is 3. The second-order valence-corrected chi connectivity index (χ2v) is 7.45. The number of nitrogens with zero attached hydrogens (tertiary/aromatic N) is 3. The summed E-state index contributed by atoms with van der Waals surface area (Å²) in [5, 5.41) is 3.45. The van der Waals surface area contributed by atoms with Crippen molar-refractivity contribution in [3.05, 3.63) is 38.2 Å². The van der Waals surface area contributed by atoms with Crippen LogP contribution < -0.4 is 16.6 Å². The van der Waals surface area contributed by atoms with Crippen molar-refractivity contribution in [1.29, 1.82) is 0 Å². The molecule has 1 aliphatic heterocycles. The number of piperidine rings is 1. The van der Waals surface area contributed by atoms with E-state index in [2.05, 4.69) is 15.3 Å². The summed E-state index contributed by atoms with van der Waals surface area (Å²) in [7, 11) is 1.90. The quantitative estimate of drug-likeness (QED) is 0.747. The molecule has 3 heterocycles. The van der Waals surface area contributed by atoms with Crippen LogP contribution in [0.1, 0.15) is 54.6 Å². The zero-order valence-electron chi connectivity index (χ0n) is 16.6. The van der Waals surface area contributed by atoms with Crippen molar-refractivity contribution in [2.24, 2.45) is 0 Å². The van der Waals surface area contributed by atoms with Crippen molar-refractivity contribution >= 4 is 41.8 Å². The van der Waals surface area contributed by atoms with E-state index in [0.29, 0.717) is 36.8 Å². The van der Waals surface area contributed by atoms with Gasteiger partial charge in [-0.25, -0.2) is 9.78 Å². The van der Waals surface area contributed by atoms with Gasteiger partial charge in [0.2, 0.25) is 0 Å². The van der Waals surface area contributed by atoms with Gasteiger partial charge in [-0.15, -0.1) is 24.8 Å². The van der Waals surface area contributed by atoms with E-state index < -0.39 is 11.2 Å². The number of likely N-dealkylation sites (N-methyl/N-ethyl adjacent to an activating group) is 1. The molecular formula is C19H27Cl2N5O3. The first-order chi connectivity index (χ1) is 13.0. The second kappa shape index (κ2) is 9.28. The Morgan fingerprint density at radius 3 is 2.62 bits per heavy atom. The number of carbonyl (C=O) groups is 1. The van der Waals surface area contributed by atoms with Crippen LogP contribution in [0.5, 0.6) is 0 Å². The summed E-state index contributed by atoms with van der Waals surface area (Å²) < 4.78 is 1.44. The highest BCUT2D eigenvalue weighted by atomic mass is 35.5. The van der Waals surface area contributed by atoms with E-state index in [0.717, 1.165) is 31.4 Å². The molecule has 1 saturated carbocycles. The summed E-state index contributed by atoms with van der Waals surface area (Å²) in [5.41, 5.74) is 0.464. The van der Waals surface area contributed by atoms with E-state index in [1.54, 1.807) is 11.0 Å². The van der Waals surface area contributed by atoms with Crippen LogP contribution in [-0.2, 0) is 6.54 Å². The largest absolute Gasteiger partial charge is 0.337 e. The predicted molar refractivity (Wildman–Crippen MR) is 117 cm³/mol. The van der Waals surface area contributed by atoms with E-state index in [9.17, 15) is 14.4 Å². The number of aromatic amines is 1. The molecule has 29 heavy (non-hydrogen) atoms. The molecule has 4 rings (SSSR count). The van der Waals surface area contributed by atoms with Crippen molar-refractivity contribution in [2.75, 3.05) is 20.1 Å². The first-order valence-corrected chi connectivity index (χ1v) is 9.67. The highest BCUT2D eigenvalue weighted by molar-refractivity contribution is 6.05. The van der Waals surface area contributed by atoms with Crippen LogP contribution in [0, 0.1) is 0 Å². The molecule has 2 aromatic heterocycles. The molecule has 2 aromatic rings. The van der Waals surface area contributed by atoms with Crippen LogP contribution >= 0.6 is 24.8 Å².